The highest BCUT2D eigenvalue weighted by molar-refractivity contribution is 5.40. The summed E-state index contributed by atoms with van der Waals surface area (Å²) in [6, 6.07) is 25.6. The fourth-order valence-corrected chi connectivity index (χ4v) is 3.49. The molecule has 0 amide bonds. The van der Waals surface area contributed by atoms with Gasteiger partial charge in [0.05, 0.1) is 11.4 Å². The van der Waals surface area contributed by atoms with Crippen molar-refractivity contribution in [3.05, 3.63) is 113 Å². The smallest absolute Gasteiger partial charge is 0.0651 e. The average Bonchev–Trinajstić information content (AvgIpc) is 3.01. The van der Waals surface area contributed by atoms with E-state index in [0.29, 0.717) is 0 Å². The summed E-state index contributed by atoms with van der Waals surface area (Å²) in [4.78, 5) is 4.43. The molecule has 0 radical (unpaired) electrons. The van der Waals surface area contributed by atoms with Gasteiger partial charge in [-0.3, -0.25) is 4.98 Å². The Morgan fingerprint density at radius 1 is 0.741 bits per heavy atom. The maximum atomic E-state index is 4.60. The normalized spacial score (nSPS) is 10.9. The largest absolute Gasteiger partial charge is 0.261 e. The molecule has 0 N–H and O–H groups in total. The Morgan fingerprint density at radius 3 is 2.19 bits per heavy atom. The van der Waals surface area contributed by atoms with E-state index in [1.54, 1.807) is 0 Å². The van der Waals surface area contributed by atoms with Crippen LogP contribution in [0.3, 0.4) is 0 Å². The monoisotopic (exact) mass is 353 g/mol. The Bertz CT molecular complexity index is 1050. The molecule has 0 saturated carbocycles. The third-order valence-electron chi connectivity index (χ3n) is 4.68. The Hall–Kier alpha value is -3.20. The number of rotatable bonds is 5. The second-order valence-electron chi connectivity index (χ2n) is 7.00. The number of hydrogen-bond donors (Lipinski definition) is 0. The second-order valence-corrected chi connectivity index (χ2v) is 7.00. The Morgan fingerprint density at radius 2 is 1.48 bits per heavy atom. The summed E-state index contributed by atoms with van der Waals surface area (Å²) >= 11 is 0. The third kappa shape index (κ3) is 4.14. The van der Waals surface area contributed by atoms with Gasteiger partial charge in [0, 0.05) is 24.0 Å². The minimum atomic E-state index is 0.862. The van der Waals surface area contributed by atoms with Gasteiger partial charge >= 0.3 is 0 Å². The van der Waals surface area contributed by atoms with Crippen molar-refractivity contribution in [3.8, 4) is 5.69 Å². The average molecular weight is 353 g/mol. The van der Waals surface area contributed by atoms with Crippen molar-refractivity contribution in [2.75, 3.05) is 0 Å². The molecule has 0 aliphatic rings. The highest BCUT2D eigenvalue weighted by Gasteiger charge is 2.06. The van der Waals surface area contributed by atoms with E-state index in [0.717, 1.165) is 35.6 Å². The number of nitrogens with zero attached hydrogens (tertiary/aromatic N) is 3. The van der Waals surface area contributed by atoms with Gasteiger partial charge < -0.3 is 0 Å². The molecule has 4 aromatic rings. The fourth-order valence-electron chi connectivity index (χ4n) is 3.49. The second kappa shape index (κ2) is 7.58. The molecule has 0 bridgehead atoms. The first-order valence-corrected chi connectivity index (χ1v) is 9.28. The maximum absolute atomic E-state index is 4.60. The van der Waals surface area contributed by atoms with E-state index < -0.39 is 0 Å². The molecule has 0 fully saturated rings. The van der Waals surface area contributed by atoms with Gasteiger partial charge in [0.25, 0.3) is 0 Å². The fraction of sp³-hybridized carbons (Fsp3) is 0.167. The number of hydrogen-bond acceptors (Lipinski definition) is 2. The van der Waals surface area contributed by atoms with Crippen molar-refractivity contribution < 1.29 is 0 Å². The summed E-state index contributed by atoms with van der Waals surface area (Å²) in [5.74, 6) is 0. The van der Waals surface area contributed by atoms with Gasteiger partial charge in [0.2, 0.25) is 0 Å². The highest BCUT2D eigenvalue weighted by atomic mass is 15.3. The van der Waals surface area contributed by atoms with E-state index >= 15 is 0 Å². The van der Waals surface area contributed by atoms with Crippen LogP contribution in [-0.4, -0.2) is 14.8 Å². The minimum absolute atomic E-state index is 0.862. The Kier molecular flexibility index (Phi) is 4.84. The van der Waals surface area contributed by atoms with Gasteiger partial charge in [-0.2, -0.15) is 5.10 Å². The topological polar surface area (TPSA) is 30.7 Å². The molecule has 0 spiro atoms. The number of aromatic nitrogens is 3. The van der Waals surface area contributed by atoms with Gasteiger partial charge in [-0.1, -0.05) is 42.5 Å². The van der Waals surface area contributed by atoms with Crippen LogP contribution in [0.2, 0.25) is 0 Å². The molecule has 2 heterocycles. The van der Waals surface area contributed by atoms with Crippen molar-refractivity contribution in [2.45, 2.75) is 26.7 Å². The summed E-state index contributed by atoms with van der Waals surface area (Å²) in [6.07, 6.45) is 3.62. The van der Waals surface area contributed by atoms with Crippen molar-refractivity contribution in [1.29, 1.82) is 0 Å². The molecule has 0 aliphatic carbocycles. The summed E-state index contributed by atoms with van der Waals surface area (Å²) in [5, 5.41) is 4.60. The summed E-state index contributed by atoms with van der Waals surface area (Å²) in [7, 11) is 0. The first kappa shape index (κ1) is 17.2. The van der Waals surface area contributed by atoms with Gasteiger partial charge in [0.1, 0.15) is 0 Å². The molecular weight excluding hydrogens is 330 g/mol. The predicted octanol–water partition coefficient (Wildman–Crippen LogP) is 5.07. The maximum Gasteiger partial charge on any atom is 0.0651 e. The van der Waals surface area contributed by atoms with Crippen LogP contribution in [-0.2, 0) is 12.8 Å². The lowest BCUT2D eigenvalue weighted by Crippen LogP contribution is -2.00. The first-order valence-electron chi connectivity index (χ1n) is 9.28. The van der Waals surface area contributed by atoms with Gasteiger partial charge in [-0.05, 0) is 67.3 Å². The molecule has 0 unspecified atom stereocenters. The van der Waals surface area contributed by atoms with Gasteiger partial charge in [-0.25, -0.2) is 4.68 Å². The van der Waals surface area contributed by atoms with E-state index in [4.69, 9.17) is 0 Å². The van der Waals surface area contributed by atoms with E-state index in [2.05, 4.69) is 77.7 Å². The zero-order valence-corrected chi connectivity index (χ0v) is 15.8. The zero-order chi connectivity index (χ0) is 18.6. The number of pyridine rings is 1. The van der Waals surface area contributed by atoms with Crippen molar-refractivity contribution >= 4 is 0 Å². The van der Waals surface area contributed by atoms with Crippen molar-refractivity contribution in [2.24, 2.45) is 0 Å². The van der Waals surface area contributed by atoms with Crippen LogP contribution in [0.1, 0.15) is 33.8 Å². The molecular formula is C24H23N3. The first-order chi connectivity index (χ1) is 13.2. The van der Waals surface area contributed by atoms with Crippen LogP contribution >= 0.6 is 0 Å². The number of benzene rings is 2. The van der Waals surface area contributed by atoms with Gasteiger partial charge in [0.15, 0.2) is 0 Å². The van der Waals surface area contributed by atoms with Crippen LogP contribution < -0.4 is 0 Å². The van der Waals surface area contributed by atoms with Crippen molar-refractivity contribution in [1.82, 2.24) is 14.8 Å². The lowest BCUT2D eigenvalue weighted by molar-refractivity contribution is 0.832. The van der Waals surface area contributed by atoms with Crippen LogP contribution in [0.4, 0.5) is 0 Å². The third-order valence-corrected chi connectivity index (χ3v) is 4.68. The zero-order valence-electron chi connectivity index (χ0n) is 15.8. The predicted molar refractivity (Wildman–Crippen MR) is 109 cm³/mol. The molecule has 2 aromatic carbocycles. The van der Waals surface area contributed by atoms with E-state index in [-0.39, 0.29) is 0 Å². The van der Waals surface area contributed by atoms with E-state index in [1.807, 2.05) is 29.9 Å². The minimum Gasteiger partial charge on any atom is -0.261 e. The van der Waals surface area contributed by atoms with Crippen LogP contribution in [0, 0.1) is 13.8 Å². The lowest BCUT2D eigenvalue weighted by atomic mass is 10.0. The SMILES string of the molecule is Cc1cc(C)n(-c2cccc(Cc3cccc(Cc4ccccn4)c3)c2)n1. The summed E-state index contributed by atoms with van der Waals surface area (Å²) < 4.78 is 2.01. The van der Waals surface area contributed by atoms with Crippen LogP contribution in [0.15, 0.2) is 79.0 Å². The molecule has 0 atom stereocenters. The van der Waals surface area contributed by atoms with Gasteiger partial charge in [-0.15, -0.1) is 0 Å². The molecule has 3 nitrogen and oxygen atoms in total. The van der Waals surface area contributed by atoms with Crippen LogP contribution in [0.5, 0.6) is 0 Å². The van der Waals surface area contributed by atoms with E-state index in [9.17, 15) is 0 Å². The molecule has 4 rings (SSSR count). The highest BCUT2D eigenvalue weighted by Crippen LogP contribution is 2.18. The van der Waals surface area contributed by atoms with Crippen LogP contribution in [0.25, 0.3) is 5.69 Å². The molecule has 0 aliphatic heterocycles. The lowest BCUT2D eigenvalue weighted by Gasteiger charge is -2.09. The number of aryl methyl sites for hydroxylation is 2. The Balaban J connectivity index is 1.55. The molecule has 2 aromatic heterocycles. The summed E-state index contributed by atoms with van der Waals surface area (Å²) in [5.41, 5.74) is 8.30. The summed E-state index contributed by atoms with van der Waals surface area (Å²) in [6.45, 7) is 4.12. The molecule has 3 heteroatoms. The van der Waals surface area contributed by atoms with Crippen molar-refractivity contribution in [3.63, 3.8) is 0 Å². The Labute approximate surface area is 160 Å². The standard InChI is InChI=1S/C24H23N3/c1-18-13-19(2)27(26-18)24-11-6-9-22(17-24)15-20-7-5-8-21(14-20)16-23-10-3-4-12-25-23/h3-14,17H,15-16H2,1-2H3. The van der Waals surface area contributed by atoms with E-state index in [1.165, 1.54) is 16.7 Å². The molecule has 134 valence electrons. The quantitative estimate of drug-likeness (QED) is 0.502. The molecule has 27 heavy (non-hydrogen) atoms. The molecule has 0 saturated heterocycles.